The van der Waals surface area contributed by atoms with Crippen LogP contribution in [0.25, 0.3) is 5.69 Å². The van der Waals surface area contributed by atoms with E-state index in [9.17, 15) is 14.9 Å². The van der Waals surface area contributed by atoms with Crippen LogP contribution in [0.15, 0.2) is 60.7 Å². The number of carbonyl (C=O) groups is 2. The van der Waals surface area contributed by atoms with E-state index in [1.165, 1.54) is 16.0 Å². The number of amides is 1. The molecule has 0 spiro atoms. The van der Waals surface area contributed by atoms with Crippen LogP contribution < -0.4 is 10.6 Å². The second-order valence-electron chi connectivity index (χ2n) is 7.91. The lowest BCUT2D eigenvalue weighted by Gasteiger charge is -2.11. The predicted molar refractivity (Wildman–Crippen MR) is 143 cm³/mol. The highest BCUT2D eigenvalue weighted by molar-refractivity contribution is 7.18. The number of carbonyl (C=O) groups excluding carboxylic acids is 2. The van der Waals surface area contributed by atoms with E-state index < -0.39 is 0 Å². The molecule has 0 bridgehead atoms. The van der Waals surface area contributed by atoms with Crippen LogP contribution in [-0.4, -0.2) is 34.6 Å². The highest BCUT2D eigenvalue weighted by atomic mass is 35.5. The first-order valence-corrected chi connectivity index (χ1v) is 12.6. The zero-order valence-corrected chi connectivity index (χ0v) is 21.5. The van der Waals surface area contributed by atoms with E-state index in [-0.39, 0.29) is 22.9 Å². The van der Waals surface area contributed by atoms with Crippen molar-refractivity contribution in [1.29, 1.82) is 5.26 Å². The summed E-state index contributed by atoms with van der Waals surface area (Å²) in [6.07, 6.45) is 0.572. The fraction of sp³-hybridized carbons (Fsp3) is 0.154. The molecule has 0 radical (unpaired) electrons. The first kappa shape index (κ1) is 25.5. The number of nitrogens with zero attached hydrogens (tertiary/aromatic N) is 3. The molecule has 36 heavy (non-hydrogen) atoms. The number of hydrogen-bond donors (Lipinski definition) is 2. The van der Waals surface area contributed by atoms with Crippen LogP contribution in [0.4, 0.5) is 5.82 Å². The second kappa shape index (κ2) is 11.4. The van der Waals surface area contributed by atoms with Gasteiger partial charge < -0.3 is 10.6 Å². The molecule has 0 atom stereocenters. The maximum absolute atomic E-state index is 13.2. The Morgan fingerprint density at radius 3 is 2.39 bits per heavy atom. The third-order valence-corrected chi connectivity index (χ3v) is 6.81. The van der Waals surface area contributed by atoms with Gasteiger partial charge in [0.2, 0.25) is 5.78 Å². The summed E-state index contributed by atoms with van der Waals surface area (Å²) in [5.41, 5.74) is 2.31. The van der Waals surface area contributed by atoms with Crippen molar-refractivity contribution in [2.75, 3.05) is 18.4 Å². The van der Waals surface area contributed by atoms with Crippen LogP contribution >= 0.6 is 34.5 Å². The third kappa shape index (κ3) is 5.77. The van der Waals surface area contributed by atoms with E-state index >= 15 is 0 Å². The lowest BCUT2D eigenvalue weighted by atomic mass is 10.0. The minimum Gasteiger partial charge on any atom is -0.369 e. The average Bonchev–Trinajstić information content (AvgIpc) is 3.48. The van der Waals surface area contributed by atoms with Crippen LogP contribution in [0.1, 0.15) is 43.3 Å². The minimum atomic E-state index is -0.343. The van der Waals surface area contributed by atoms with Crippen LogP contribution in [0.3, 0.4) is 0 Å². The lowest BCUT2D eigenvalue weighted by molar-refractivity contribution is 0.0956. The van der Waals surface area contributed by atoms with Crippen LogP contribution in [0.2, 0.25) is 9.36 Å². The van der Waals surface area contributed by atoms with E-state index in [2.05, 4.69) is 21.8 Å². The first-order valence-electron chi connectivity index (χ1n) is 11.0. The maximum atomic E-state index is 13.2. The van der Waals surface area contributed by atoms with Gasteiger partial charge >= 0.3 is 0 Å². The van der Waals surface area contributed by atoms with Gasteiger partial charge in [0, 0.05) is 23.7 Å². The summed E-state index contributed by atoms with van der Waals surface area (Å²) in [7, 11) is 0. The summed E-state index contributed by atoms with van der Waals surface area (Å²) in [5.74, 6) is -0.141. The molecule has 4 aromatic rings. The third-order valence-electron chi connectivity index (χ3n) is 5.33. The number of ketones is 1. The van der Waals surface area contributed by atoms with Crippen LogP contribution in [-0.2, 0) is 0 Å². The van der Waals surface area contributed by atoms with Gasteiger partial charge in [-0.1, -0.05) is 53.0 Å². The molecule has 0 saturated carbocycles. The normalized spacial score (nSPS) is 10.6. The topological polar surface area (TPSA) is 99.8 Å². The van der Waals surface area contributed by atoms with Crippen molar-refractivity contribution in [3.63, 3.8) is 0 Å². The van der Waals surface area contributed by atoms with Gasteiger partial charge in [0.1, 0.15) is 17.5 Å². The van der Waals surface area contributed by atoms with Gasteiger partial charge in [-0.15, -0.1) is 11.3 Å². The van der Waals surface area contributed by atoms with Crippen molar-refractivity contribution in [2.45, 2.75) is 13.3 Å². The Labute approximate surface area is 222 Å². The summed E-state index contributed by atoms with van der Waals surface area (Å²) in [6.45, 7) is 2.77. The van der Waals surface area contributed by atoms with Gasteiger partial charge in [-0.3, -0.25) is 9.59 Å². The smallest absolute Gasteiger partial charge is 0.261 e. The number of aromatic nitrogens is 2. The molecule has 7 nitrogen and oxygen atoms in total. The number of thiophene rings is 1. The van der Waals surface area contributed by atoms with Crippen molar-refractivity contribution in [3.8, 4) is 11.8 Å². The molecule has 182 valence electrons. The number of hydrogen-bond acceptors (Lipinski definition) is 6. The van der Waals surface area contributed by atoms with Gasteiger partial charge in [-0.25, -0.2) is 4.68 Å². The molecule has 2 aromatic carbocycles. The van der Waals surface area contributed by atoms with Gasteiger partial charge in [0.25, 0.3) is 5.91 Å². The van der Waals surface area contributed by atoms with E-state index in [1.54, 1.807) is 48.5 Å². The molecular weight excluding hydrogens is 517 g/mol. The van der Waals surface area contributed by atoms with Crippen molar-refractivity contribution < 1.29 is 9.59 Å². The van der Waals surface area contributed by atoms with Gasteiger partial charge in [0.05, 0.1) is 14.9 Å². The van der Waals surface area contributed by atoms with E-state index in [0.717, 1.165) is 5.56 Å². The molecule has 2 N–H and O–H groups in total. The fourth-order valence-corrected chi connectivity index (χ4v) is 4.56. The lowest BCUT2D eigenvalue weighted by Crippen LogP contribution is -2.25. The fourth-order valence-electron chi connectivity index (χ4n) is 3.48. The molecule has 0 aliphatic carbocycles. The summed E-state index contributed by atoms with van der Waals surface area (Å²) in [6, 6.07) is 19.6. The Balaban J connectivity index is 1.55. The molecule has 2 heterocycles. The number of nitriles is 1. The molecule has 2 aromatic heterocycles. The highest BCUT2D eigenvalue weighted by Crippen LogP contribution is 2.26. The Morgan fingerprint density at radius 2 is 1.75 bits per heavy atom. The summed E-state index contributed by atoms with van der Waals surface area (Å²) in [5, 5.41) is 21.1. The standard InChI is InChI=1S/C26H21Cl2N5O2S/c1-16-3-5-17(6-4-16)24(34)23-20(15-29)25(33(32-23)19-9-7-18(27)8-10-19)30-13-2-14-31-26(35)21-11-12-22(28)36-21/h3-12,30H,2,13-14H2,1H3,(H,31,35). The summed E-state index contributed by atoms with van der Waals surface area (Å²) in [4.78, 5) is 26.0. The first-order chi connectivity index (χ1) is 17.4. The SMILES string of the molecule is Cc1ccc(C(=O)c2nn(-c3ccc(Cl)cc3)c(NCCCNC(=O)c3ccc(Cl)s3)c2C#N)cc1. The Kier molecular flexibility index (Phi) is 8.06. The molecular formula is C26H21Cl2N5O2S. The number of benzene rings is 2. The quantitative estimate of drug-likeness (QED) is 0.205. The number of nitrogens with one attached hydrogen (secondary N) is 2. The van der Waals surface area contributed by atoms with E-state index in [1.807, 2.05) is 19.1 Å². The monoisotopic (exact) mass is 537 g/mol. The largest absolute Gasteiger partial charge is 0.369 e. The zero-order chi connectivity index (χ0) is 25.7. The number of halogens is 2. The van der Waals surface area contributed by atoms with Crippen molar-refractivity contribution in [2.24, 2.45) is 0 Å². The summed E-state index contributed by atoms with van der Waals surface area (Å²) < 4.78 is 2.08. The Bertz CT molecular complexity index is 1440. The Hall–Kier alpha value is -3.64. The van der Waals surface area contributed by atoms with E-state index in [4.69, 9.17) is 23.2 Å². The van der Waals surface area contributed by atoms with Crippen molar-refractivity contribution in [3.05, 3.63) is 97.3 Å². The van der Waals surface area contributed by atoms with Crippen LogP contribution in [0, 0.1) is 18.3 Å². The number of aryl methyl sites for hydroxylation is 1. The second-order valence-corrected chi connectivity index (χ2v) is 10.1. The van der Waals surface area contributed by atoms with Gasteiger partial charge in [0.15, 0.2) is 5.69 Å². The number of rotatable bonds is 9. The summed E-state index contributed by atoms with van der Waals surface area (Å²) >= 11 is 13.1. The maximum Gasteiger partial charge on any atom is 0.261 e. The van der Waals surface area contributed by atoms with Crippen LogP contribution in [0.5, 0.6) is 0 Å². The molecule has 0 aliphatic heterocycles. The minimum absolute atomic E-state index is 0.0571. The molecule has 0 unspecified atom stereocenters. The average molecular weight is 538 g/mol. The zero-order valence-electron chi connectivity index (χ0n) is 19.2. The van der Waals surface area contributed by atoms with E-state index in [0.29, 0.717) is 50.8 Å². The number of anilines is 1. The molecule has 10 heteroatoms. The predicted octanol–water partition coefficient (Wildman–Crippen LogP) is 5.88. The van der Waals surface area contributed by atoms with Gasteiger partial charge in [-0.2, -0.15) is 10.4 Å². The molecule has 0 aliphatic rings. The highest BCUT2D eigenvalue weighted by Gasteiger charge is 2.25. The molecule has 0 fully saturated rings. The molecule has 1 amide bonds. The molecule has 0 saturated heterocycles. The molecule has 4 rings (SSSR count). The Morgan fingerprint density at radius 1 is 1.03 bits per heavy atom. The van der Waals surface area contributed by atoms with Gasteiger partial charge in [-0.05, 0) is 49.7 Å². The van der Waals surface area contributed by atoms with Crippen molar-refractivity contribution in [1.82, 2.24) is 15.1 Å². The van der Waals surface area contributed by atoms with Crippen molar-refractivity contribution >= 4 is 52.0 Å².